The number of para-hydroxylation sites is 2. The number of thiophene rings is 1. The summed E-state index contributed by atoms with van der Waals surface area (Å²) in [6, 6.07) is 59.4. The standard InChI is InChI=1S/C52H33N3S/c1-3-15-32(16-4-1)34-27-28-48-44(29-34)50-51(56-48)49(33-17-5-2-6-18-33)53-52(54-50)43-30-41-37-21-9-7-19-35(37)36-20-8-10-22-38(36)42(41)31-47(43)55-45-25-13-11-23-39(45)40-24-12-14-26-46(40)55/h1-31,36,38H. The average Bonchev–Trinajstić information content (AvgIpc) is 3.82. The molecule has 3 heterocycles. The van der Waals surface area contributed by atoms with Gasteiger partial charge in [0.2, 0.25) is 0 Å². The van der Waals surface area contributed by atoms with Gasteiger partial charge in [0.1, 0.15) is 0 Å². The SMILES string of the molecule is C1=CC2c3ccccc3-c3cc(-c4nc(-c5ccccc5)c5sc6ccc(-c7ccccc7)cc6c5n4)c(-n4c5ccccc5c5ccccc54)cc3C2C=C1. The van der Waals surface area contributed by atoms with E-state index in [0.29, 0.717) is 0 Å². The first-order valence-electron chi connectivity index (χ1n) is 19.2. The van der Waals surface area contributed by atoms with Gasteiger partial charge in [-0.3, -0.25) is 0 Å². The summed E-state index contributed by atoms with van der Waals surface area (Å²) in [6.45, 7) is 0. The Morgan fingerprint density at radius 3 is 1.86 bits per heavy atom. The van der Waals surface area contributed by atoms with E-state index in [2.05, 4.69) is 193 Å². The molecule has 0 saturated heterocycles. The van der Waals surface area contributed by atoms with Crippen LogP contribution < -0.4 is 0 Å². The lowest BCUT2D eigenvalue weighted by atomic mass is 9.69. The van der Waals surface area contributed by atoms with Crippen molar-refractivity contribution in [3.63, 3.8) is 0 Å². The van der Waals surface area contributed by atoms with Crippen LogP contribution >= 0.6 is 11.3 Å². The number of fused-ring (bicyclic) bond motifs is 12. The van der Waals surface area contributed by atoms with Crippen LogP contribution in [-0.2, 0) is 0 Å². The van der Waals surface area contributed by atoms with E-state index in [1.165, 1.54) is 59.9 Å². The molecule has 0 fully saturated rings. The molecule has 262 valence electrons. The average molecular weight is 732 g/mol. The van der Waals surface area contributed by atoms with Gasteiger partial charge in [0.25, 0.3) is 0 Å². The van der Waals surface area contributed by atoms with E-state index in [1.807, 2.05) is 0 Å². The van der Waals surface area contributed by atoms with Crippen molar-refractivity contribution in [3.8, 4) is 50.6 Å². The highest BCUT2D eigenvalue weighted by Crippen LogP contribution is 2.52. The number of nitrogens with zero attached hydrogens (tertiary/aromatic N) is 3. The molecule has 0 radical (unpaired) electrons. The van der Waals surface area contributed by atoms with Crippen molar-refractivity contribution in [2.24, 2.45) is 0 Å². The highest BCUT2D eigenvalue weighted by Gasteiger charge is 2.34. The first kappa shape index (κ1) is 31.5. The number of rotatable bonds is 4. The third kappa shape index (κ3) is 4.69. The Labute approximate surface area is 328 Å². The predicted molar refractivity (Wildman–Crippen MR) is 235 cm³/mol. The quantitative estimate of drug-likeness (QED) is 0.180. The van der Waals surface area contributed by atoms with Gasteiger partial charge in [-0.2, -0.15) is 0 Å². The Balaban J connectivity index is 1.22. The molecule has 12 rings (SSSR count). The lowest BCUT2D eigenvalue weighted by Crippen LogP contribution is -2.17. The summed E-state index contributed by atoms with van der Waals surface area (Å²) in [5, 5.41) is 3.61. The van der Waals surface area contributed by atoms with Crippen molar-refractivity contribution < 1.29 is 0 Å². The molecular weight excluding hydrogens is 699 g/mol. The Morgan fingerprint density at radius 1 is 0.464 bits per heavy atom. The van der Waals surface area contributed by atoms with Gasteiger partial charge in [-0.25, -0.2) is 9.97 Å². The third-order valence-corrected chi connectivity index (χ3v) is 13.0. The van der Waals surface area contributed by atoms with E-state index in [4.69, 9.17) is 9.97 Å². The van der Waals surface area contributed by atoms with Crippen molar-refractivity contribution in [2.75, 3.05) is 0 Å². The summed E-state index contributed by atoms with van der Waals surface area (Å²) in [6.07, 6.45) is 9.16. The molecule has 3 nitrogen and oxygen atoms in total. The fourth-order valence-electron chi connectivity index (χ4n) is 9.26. The first-order valence-corrected chi connectivity index (χ1v) is 20.1. The smallest absolute Gasteiger partial charge is 0.162 e. The number of allylic oxidation sites excluding steroid dienone is 4. The third-order valence-electron chi connectivity index (χ3n) is 11.8. The molecule has 56 heavy (non-hydrogen) atoms. The van der Waals surface area contributed by atoms with Gasteiger partial charge in [0, 0.05) is 43.8 Å². The first-order chi connectivity index (χ1) is 27.8. The fourth-order valence-corrected chi connectivity index (χ4v) is 10.4. The lowest BCUT2D eigenvalue weighted by molar-refractivity contribution is 0.719. The number of hydrogen-bond donors (Lipinski definition) is 0. The Bertz CT molecular complexity index is 3210. The van der Waals surface area contributed by atoms with Gasteiger partial charge in [-0.05, 0) is 69.8 Å². The second-order valence-corrected chi connectivity index (χ2v) is 15.9. The fraction of sp³-hybridized carbons (Fsp3) is 0.0385. The molecule has 2 atom stereocenters. The van der Waals surface area contributed by atoms with Gasteiger partial charge in [-0.15, -0.1) is 11.3 Å². The second-order valence-electron chi connectivity index (χ2n) is 14.9. The van der Waals surface area contributed by atoms with Crippen molar-refractivity contribution in [3.05, 3.63) is 199 Å². The molecule has 0 amide bonds. The van der Waals surface area contributed by atoms with E-state index in [-0.39, 0.29) is 11.8 Å². The summed E-state index contributed by atoms with van der Waals surface area (Å²) in [5.74, 6) is 1.21. The number of benzene rings is 7. The number of hydrogen-bond acceptors (Lipinski definition) is 3. The van der Waals surface area contributed by atoms with Crippen LogP contribution in [0.25, 0.3) is 92.7 Å². The molecule has 2 aliphatic rings. The molecule has 0 aliphatic heterocycles. The summed E-state index contributed by atoms with van der Waals surface area (Å²) in [7, 11) is 0. The van der Waals surface area contributed by atoms with E-state index >= 15 is 0 Å². The van der Waals surface area contributed by atoms with Gasteiger partial charge in [0.15, 0.2) is 5.82 Å². The maximum atomic E-state index is 5.63. The van der Waals surface area contributed by atoms with Crippen molar-refractivity contribution in [1.29, 1.82) is 0 Å². The molecule has 2 aliphatic carbocycles. The molecule has 10 aromatic rings. The van der Waals surface area contributed by atoms with Crippen molar-refractivity contribution >= 4 is 53.4 Å². The molecule has 4 heteroatoms. The molecule has 0 bridgehead atoms. The lowest BCUT2D eigenvalue weighted by Gasteiger charge is -2.34. The van der Waals surface area contributed by atoms with E-state index in [1.54, 1.807) is 11.3 Å². The van der Waals surface area contributed by atoms with Crippen LogP contribution in [0.1, 0.15) is 23.0 Å². The van der Waals surface area contributed by atoms with E-state index in [9.17, 15) is 0 Å². The normalized spacial score (nSPS) is 15.7. The Hall–Kier alpha value is -6.88. The Morgan fingerprint density at radius 2 is 1.11 bits per heavy atom. The van der Waals surface area contributed by atoms with Crippen LogP contribution in [0.2, 0.25) is 0 Å². The molecular formula is C52H33N3S. The van der Waals surface area contributed by atoms with Gasteiger partial charge < -0.3 is 4.57 Å². The van der Waals surface area contributed by atoms with Crippen molar-refractivity contribution in [2.45, 2.75) is 11.8 Å². The maximum absolute atomic E-state index is 5.63. The second kappa shape index (κ2) is 12.3. The Kier molecular flexibility index (Phi) is 6.92. The highest BCUT2D eigenvalue weighted by molar-refractivity contribution is 7.26. The van der Waals surface area contributed by atoms with Crippen LogP contribution in [0.3, 0.4) is 0 Å². The van der Waals surface area contributed by atoms with Crippen LogP contribution in [0.5, 0.6) is 0 Å². The predicted octanol–water partition coefficient (Wildman–Crippen LogP) is 13.9. The van der Waals surface area contributed by atoms with Crippen LogP contribution in [-0.4, -0.2) is 14.5 Å². The number of aromatic nitrogens is 3. The van der Waals surface area contributed by atoms with Crippen LogP contribution in [0.4, 0.5) is 0 Å². The van der Waals surface area contributed by atoms with Crippen molar-refractivity contribution in [1.82, 2.24) is 14.5 Å². The zero-order valence-electron chi connectivity index (χ0n) is 30.3. The monoisotopic (exact) mass is 731 g/mol. The topological polar surface area (TPSA) is 30.7 Å². The molecule has 0 saturated carbocycles. The molecule has 3 aromatic heterocycles. The minimum absolute atomic E-state index is 0.214. The zero-order chi connectivity index (χ0) is 36.7. The summed E-state index contributed by atoms with van der Waals surface area (Å²) in [4.78, 5) is 11.2. The van der Waals surface area contributed by atoms with Gasteiger partial charge >= 0.3 is 0 Å². The summed E-state index contributed by atoms with van der Waals surface area (Å²) >= 11 is 1.78. The van der Waals surface area contributed by atoms with Crippen LogP contribution in [0.15, 0.2) is 188 Å². The van der Waals surface area contributed by atoms with E-state index in [0.717, 1.165) is 43.9 Å². The molecule has 7 aromatic carbocycles. The minimum Gasteiger partial charge on any atom is -0.308 e. The van der Waals surface area contributed by atoms with Gasteiger partial charge in [0.05, 0.1) is 32.6 Å². The molecule has 0 spiro atoms. The van der Waals surface area contributed by atoms with Gasteiger partial charge in [-0.1, -0.05) is 152 Å². The van der Waals surface area contributed by atoms with Crippen LogP contribution in [0, 0.1) is 0 Å². The zero-order valence-corrected chi connectivity index (χ0v) is 31.1. The highest BCUT2D eigenvalue weighted by atomic mass is 32.1. The minimum atomic E-state index is 0.214. The summed E-state index contributed by atoms with van der Waals surface area (Å²) < 4.78 is 4.75. The molecule has 0 N–H and O–H groups in total. The maximum Gasteiger partial charge on any atom is 0.162 e. The summed E-state index contributed by atoms with van der Waals surface area (Å²) in [5.41, 5.74) is 15.0. The largest absolute Gasteiger partial charge is 0.308 e. The van der Waals surface area contributed by atoms with E-state index < -0.39 is 0 Å². The molecule has 2 unspecified atom stereocenters.